The number of hydrogen-bond acceptors (Lipinski definition) is 6. The predicted molar refractivity (Wildman–Crippen MR) is 105 cm³/mol. The van der Waals surface area contributed by atoms with Gasteiger partial charge in [-0.3, -0.25) is 14.5 Å². The SMILES string of the molecule is COc1ccc2sc(NC(=O)CN3C(=O)NC4(CCCCC4C)C3=O)nc2c1. The van der Waals surface area contributed by atoms with Gasteiger partial charge in [0.15, 0.2) is 5.13 Å². The van der Waals surface area contributed by atoms with Gasteiger partial charge in [0.25, 0.3) is 5.91 Å². The summed E-state index contributed by atoms with van der Waals surface area (Å²) < 4.78 is 6.08. The number of fused-ring (bicyclic) bond motifs is 1. The van der Waals surface area contributed by atoms with Gasteiger partial charge in [-0.2, -0.15) is 0 Å². The van der Waals surface area contributed by atoms with Crippen LogP contribution < -0.4 is 15.4 Å². The van der Waals surface area contributed by atoms with Crippen LogP contribution in [0.2, 0.25) is 0 Å². The average molecular weight is 402 g/mol. The number of carbonyl (C=O) groups excluding carboxylic acids is 3. The van der Waals surface area contributed by atoms with Gasteiger partial charge in [0.1, 0.15) is 17.8 Å². The summed E-state index contributed by atoms with van der Waals surface area (Å²) >= 11 is 1.32. The van der Waals surface area contributed by atoms with Crippen LogP contribution in [0.5, 0.6) is 5.75 Å². The minimum Gasteiger partial charge on any atom is -0.497 e. The first-order valence-electron chi connectivity index (χ1n) is 9.31. The number of urea groups is 1. The Morgan fingerprint density at radius 2 is 2.25 bits per heavy atom. The van der Waals surface area contributed by atoms with E-state index in [2.05, 4.69) is 15.6 Å². The molecule has 4 rings (SSSR count). The van der Waals surface area contributed by atoms with E-state index in [4.69, 9.17) is 4.74 Å². The largest absolute Gasteiger partial charge is 0.497 e. The molecule has 2 aliphatic rings. The zero-order valence-electron chi connectivity index (χ0n) is 15.8. The van der Waals surface area contributed by atoms with Crippen molar-refractivity contribution in [1.29, 1.82) is 0 Å². The second kappa shape index (κ2) is 7.05. The van der Waals surface area contributed by atoms with E-state index < -0.39 is 17.5 Å². The van der Waals surface area contributed by atoms with Crippen molar-refractivity contribution in [3.8, 4) is 5.75 Å². The van der Waals surface area contributed by atoms with E-state index in [0.717, 1.165) is 28.9 Å². The molecule has 2 heterocycles. The second-order valence-corrected chi connectivity index (χ2v) is 8.37. The Morgan fingerprint density at radius 1 is 1.43 bits per heavy atom. The van der Waals surface area contributed by atoms with Gasteiger partial charge < -0.3 is 15.4 Å². The van der Waals surface area contributed by atoms with Gasteiger partial charge in [-0.05, 0) is 30.9 Å². The number of aromatic nitrogens is 1. The molecule has 2 atom stereocenters. The Balaban J connectivity index is 1.46. The molecule has 0 radical (unpaired) electrons. The summed E-state index contributed by atoms with van der Waals surface area (Å²) in [6.45, 7) is 1.66. The van der Waals surface area contributed by atoms with Crippen LogP contribution in [0.3, 0.4) is 0 Å². The highest BCUT2D eigenvalue weighted by molar-refractivity contribution is 7.22. The highest BCUT2D eigenvalue weighted by Gasteiger charge is 2.55. The van der Waals surface area contributed by atoms with Gasteiger partial charge >= 0.3 is 6.03 Å². The van der Waals surface area contributed by atoms with Crippen LogP contribution in [-0.4, -0.2) is 46.9 Å². The maximum Gasteiger partial charge on any atom is 0.325 e. The third-order valence-corrected chi connectivity index (χ3v) is 6.60. The zero-order chi connectivity index (χ0) is 19.9. The quantitative estimate of drug-likeness (QED) is 0.766. The lowest BCUT2D eigenvalue weighted by atomic mass is 9.73. The molecule has 1 aliphatic carbocycles. The number of methoxy groups -OCH3 is 1. The number of ether oxygens (including phenoxy) is 1. The summed E-state index contributed by atoms with van der Waals surface area (Å²) in [5, 5.41) is 5.96. The number of nitrogens with one attached hydrogen (secondary N) is 2. The van der Waals surface area contributed by atoms with E-state index in [-0.39, 0.29) is 18.4 Å². The van der Waals surface area contributed by atoms with Crippen LogP contribution in [0.15, 0.2) is 18.2 Å². The smallest absolute Gasteiger partial charge is 0.325 e. The number of carbonyl (C=O) groups is 3. The molecule has 4 amide bonds. The van der Waals surface area contributed by atoms with Crippen molar-refractivity contribution in [2.75, 3.05) is 19.0 Å². The molecule has 1 spiro atoms. The molecule has 28 heavy (non-hydrogen) atoms. The predicted octanol–water partition coefficient (Wildman–Crippen LogP) is 2.74. The summed E-state index contributed by atoms with van der Waals surface area (Å²) in [6, 6.07) is 4.98. The maximum atomic E-state index is 12.9. The van der Waals surface area contributed by atoms with Gasteiger partial charge in [-0.1, -0.05) is 31.1 Å². The molecule has 2 N–H and O–H groups in total. The van der Waals surface area contributed by atoms with Crippen LogP contribution in [0.25, 0.3) is 10.2 Å². The number of amides is 4. The number of anilines is 1. The topological polar surface area (TPSA) is 101 Å². The third kappa shape index (κ3) is 3.09. The van der Waals surface area contributed by atoms with E-state index in [1.807, 2.05) is 19.1 Å². The molecule has 1 saturated carbocycles. The van der Waals surface area contributed by atoms with Crippen molar-refractivity contribution < 1.29 is 19.1 Å². The monoisotopic (exact) mass is 402 g/mol. The van der Waals surface area contributed by atoms with Crippen LogP contribution >= 0.6 is 11.3 Å². The standard InChI is InChI=1S/C19H22N4O4S/c1-11-5-3-4-8-19(11)16(25)23(18(26)22-19)10-15(24)21-17-20-13-9-12(27-2)6-7-14(13)28-17/h6-7,9,11H,3-5,8,10H2,1-2H3,(H,22,26)(H,20,21,24). The van der Waals surface area contributed by atoms with Crippen molar-refractivity contribution >= 4 is 44.5 Å². The van der Waals surface area contributed by atoms with Gasteiger partial charge in [0, 0.05) is 6.07 Å². The molecule has 9 heteroatoms. The number of rotatable bonds is 4. The van der Waals surface area contributed by atoms with Crippen molar-refractivity contribution in [3.63, 3.8) is 0 Å². The fourth-order valence-electron chi connectivity index (χ4n) is 4.03. The highest BCUT2D eigenvalue weighted by atomic mass is 32.1. The lowest BCUT2D eigenvalue weighted by Crippen LogP contribution is -2.54. The Labute approximate surface area is 166 Å². The van der Waals surface area contributed by atoms with Crippen molar-refractivity contribution in [2.24, 2.45) is 5.92 Å². The second-order valence-electron chi connectivity index (χ2n) is 7.34. The van der Waals surface area contributed by atoms with E-state index in [9.17, 15) is 14.4 Å². The molecule has 2 unspecified atom stereocenters. The lowest BCUT2D eigenvalue weighted by Gasteiger charge is -2.36. The number of benzene rings is 1. The molecule has 2 aromatic rings. The summed E-state index contributed by atoms with van der Waals surface area (Å²) in [6.07, 6.45) is 3.46. The fraction of sp³-hybridized carbons (Fsp3) is 0.474. The van der Waals surface area contributed by atoms with E-state index >= 15 is 0 Å². The maximum absolute atomic E-state index is 12.9. The van der Waals surface area contributed by atoms with Gasteiger partial charge in [0.05, 0.1) is 17.3 Å². The average Bonchev–Trinajstić information content (AvgIpc) is 3.17. The summed E-state index contributed by atoms with van der Waals surface area (Å²) in [5.74, 6) is -0.00386. The van der Waals surface area contributed by atoms with E-state index in [1.54, 1.807) is 13.2 Å². The summed E-state index contributed by atoms with van der Waals surface area (Å²) in [7, 11) is 1.58. The fourth-order valence-corrected chi connectivity index (χ4v) is 4.89. The number of thiazole rings is 1. The highest BCUT2D eigenvalue weighted by Crippen LogP contribution is 2.38. The molecule has 8 nitrogen and oxygen atoms in total. The first-order chi connectivity index (χ1) is 13.4. The minimum atomic E-state index is -0.859. The van der Waals surface area contributed by atoms with Crippen molar-refractivity contribution in [2.45, 2.75) is 38.1 Å². The van der Waals surface area contributed by atoms with Gasteiger partial charge in [-0.15, -0.1) is 0 Å². The number of hydrogen-bond donors (Lipinski definition) is 2. The Morgan fingerprint density at radius 3 is 3.00 bits per heavy atom. The van der Waals surface area contributed by atoms with Crippen LogP contribution in [0.4, 0.5) is 9.93 Å². The Bertz CT molecular complexity index is 959. The molecular formula is C19H22N4O4S. The van der Waals surface area contributed by atoms with Crippen molar-refractivity contribution in [1.82, 2.24) is 15.2 Å². The van der Waals surface area contributed by atoms with Crippen molar-refractivity contribution in [3.05, 3.63) is 18.2 Å². The lowest BCUT2D eigenvalue weighted by molar-refractivity contribution is -0.136. The normalized spacial score (nSPS) is 24.6. The molecule has 1 aromatic heterocycles. The molecule has 2 fully saturated rings. The van der Waals surface area contributed by atoms with Gasteiger partial charge in [-0.25, -0.2) is 9.78 Å². The van der Waals surface area contributed by atoms with Crippen LogP contribution in [0, 0.1) is 5.92 Å². The molecule has 148 valence electrons. The molecule has 1 aliphatic heterocycles. The molecular weight excluding hydrogens is 380 g/mol. The minimum absolute atomic E-state index is 0.0602. The first kappa shape index (κ1) is 18.7. The van der Waals surface area contributed by atoms with E-state index in [1.165, 1.54) is 11.3 Å². The third-order valence-electron chi connectivity index (χ3n) is 5.64. The Hall–Kier alpha value is -2.68. The first-order valence-corrected chi connectivity index (χ1v) is 10.1. The number of nitrogens with zero attached hydrogens (tertiary/aromatic N) is 2. The van der Waals surface area contributed by atoms with Crippen LogP contribution in [0.1, 0.15) is 32.6 Å². The zero-order valence-corrected chi connectivity index (χ0v) is 16.6. The van der Waals surface area contributed by atoms with E-state index in [0.29, 0.717) is 22.8 Å². The Kier molecular flexibility index (Phi) is 4.70. The summed E-state index contributed by atoms with van der Waals surface area (Å²) in [5.41, 5.74) is -0.146. The molecule has 0 bridgehead atoms. The summed E-state index contributed by atoms with van der Waals surface area (Å²) in [4.78, 5) is 43.2. The molecule has 1 saturated heterocycles. The molecule has 1 aromatic carbocycles. The number of imide groups is 1. The van der Waals surface area contributed by atoms with Gasteiger partial charge in [0.2, 0.25) is 5.91 Å². The van der Waals surface area contributed by atoms with Crippen LogP contribution in [-0.2, 0) is 9.59 Å².